The van der Waals surface area contributed by atoms with Gasteiger partial charge < -0.3 is 0 Å². The van der Waals surface area contributed by atoms with Crippen LogP contribution in [0.5, 0.6) is 0 Å². The molecule has 4 nitrogen and oxygen atoms in total. The van der Waals surface area contributed by atoms with E-state index in [9.17, 15) is 9.18 Å². The molecule has 6 heteroatoms. The molecule has 1 aromatic carbocycles. The largest absolute Gasteiger partial charge is 0.273 e. The molecule has 0 saturated heterocycles. The summed E-state index contributed by atoms with van der Waals surface area (Å²) in [6, 6.07) is 6.19. The number of hydrazone groups is 1. The van der Waals surface area contributed by atoms with E-state index in [0.717, 1.165) is 35.5 Å². The van der Waals surface area contributed by atoms with Crippen LogP contribution in [0, 0.1) is 11.7 Å². The quantitative estimate of drug-likeness (QED) is 0.846. The third-order valence-electron chi connectivity index (χ3n) is 4.07. The summed E-state index contributed by atoms with van der Waals surface area (Å²) in [7, 11) is 0. The normalized spacial score (nSPS) is 19.4. The lowest BCUT2D eigenvalue weighted by Gasteiger charge is -2.18. The summed E-state index contributed by atoms with van der Waals surface area (Å²) in [5.41, 5.74) is 5.27. The van der Waals surface area contributed by atoms with Crippen molar-refractivity contribution < 1.29 is 9.18 Å². The molecule has 1 amide bonds. The van der Waals surface area contributed by atoms with E-state index in [4.69, 9.17) is 0 Å². The van der Waals surface area contributed by atoms with E-state index in [1.807, 2.05) is 5.38 Å². The van der Waals surface area contributed by atoms with Gasteiger partial charge in [-0.25, -0.2) is 14.8 Å². The van der Waals surface area contributed by atoms with Crippen molar-refractivity contribution >= 4 is 23.0 Å². The van der Waals surface area contributed by atoms with E-state index < -0.39 is 0 Å². The fraction of sp³-hybridized carbons (Fsp3) is 0.389. The molecule has 24 heavy (non-hydrogen) atoms. The fourth-order valence-corrected chi connectivity index (χ4v) is 3.65. The Bertz CT molecular complexity index is 739. The van der Waals surface area contributed by atoms with Gasteiger partial charge in [-0.2, -0.15) is 5.10 Å². The van der Waals surface area contributed by atoms with Gasteiger partial charge in [-0.05, 0) is 55.9 Å². The van der Waals surface area contributed by atoms with Gasteiger partial charge >= 0.3 is 0 Å². The Morgan fingerprint density at radius 2 is 2.21 bits per heavy atom. The Morgan fingerprint density at radius 3 is 2.96 bits per heavy atom. The molecule has 1 saturated carbocycles. The van der Waals surface area contributed by atoms with Gasteiger partial charge in [0.2, 0.25) is 5.91 Å². The molecule has 0 aliphatic heterocycles. The number of benzene rings is 1. The van der Waals surface area contributed by atoms with E-state index in [2.05, 4.69) is 22.4 Å². The Morgan fingerprint density at radius 1 is 1.42 bits per heavy atom. The van der Waals surface area contributed by atoms with E-state index in [0.29, 0.717) is 11.6 Å². The molecule has 0 spiro atoms. The molecule has 1 fully saturated rings. The number of aromatic nitrogens is 1. The zero-order valence-corrected chi connectivity index (χ0v) is 14.4. The van der Waals surface area contributed by atoms with Crippen molar-refractivity contribution in [3.05, 3.63) is 41.2 Å². The monoisotopic (exact) mass is 345 g/mol. The standard InChI is InChI=1S/C18H20FN3OS/c1-12-3-2-4-15(9-12)21-22-17(23)10-16-11-24-18(20-16)13-5-7-14(19)8-6-13/h5-8,11-12H,2-4,9-10H2,1H3,(H,22,23)/b21-15+/t12-/m0/s1. The number of halogens is 1. The van der Waals surface area contributed by atoms with Gasteiger partial charge in [0.1, 0.15) is 10.8 Å². The van der Waals surface area contributed by atoms with Gasteiger partial charge in [-0.3, -0.25) is 4.79 Å². The molecular formula is C18H20FN3OS. The maximum Gasteiger partial charge on any atom is 0.246 e. The zero-order valence-electron chi connectivity index (χ0n) is 13.6. The van der Waals surface area contributed by atoms with Crippen LogP contribution in [0.15, 0.2) is 34.7 Å². The highest BCUT2D eigenvalue weighted by Crippen LogP contribution is 2.24. The Labute approximate surface area is 144 Å². The maximum atomic E-state index is 13.0. The van der Waals surface area contributed by atoms with Crippen LogP contribution in [0.3, 0.4) is 0 Å². The Kier molecular flexibility index (Phi) is 5.35. The van der Waals surface area contributed by atoms with E-state index >= 15 is 0 Å². The second-order valence-electron chi connectivity index (χ2n) is 6.24. The van der Waals surface area contributed by atoms with E-state index in [1.165, 1.54) is 29.9 Å². The van der Waals surface area contributed by atoms with Gasteiger partial charge in [-0.15, -0.1) is 11.3 Å². The molecular weight excluding hydrogens is 325 g/mol. The molecule has 1 aliphatic carbocycles. The highest BCUT2D eigenvalue weighted by Gasteiger charge is 2.14. The first kappa shape index (κ1) is 16.8. The number of amides is 1. The average molecular weight is 345 g/mol. The lowest BCUT2D eigenvalue weighted by molar-refractivity contribution is -0.120. The van der Waals surface area contributed by atoms with Crippen molar-refractivity contribution in [3.63, 3.8) is 0 Å². The third-order valence-corrected chi connectivity index (χ3v) is 5.01. The van der Waals surface area contributed by atoms with Crippen LogP contribution in [0.2, 0.25) is 0 Å². The average Bonchev–Trinajstić information content (AvgIpc) is 3.02. The summed E-state index contributed by atoms with van der Waals surface area (Å²) >= 11 is 1.45. The van der Waals surface area contributed by atoms with Gasteiger partial charge in [0.25, 0.3) is 0 Å². The molecule has 2 aromatic rings. The van der Waals surface area contributed by atoms with Crippen LogP contribution in [-0.4, -0.2) is 16.6 Å². The second kappa shape index (κ2) is 7.66. The van der Waals surface area contributed by atoms with Gasteiger partial charge in [-0.1, -0.05) is 6.92 Å². The fourth-order valence-electron chi connectivity index (χ4n) is 2.82. The predicted molar refractivity (Wildman–Crippen MR) is 94.4 cm³/mol. The van der Waals surface area contributed by atoms with Crippen LogP contribution in [0.1, 0.15) is 38.3 Å². The van der Waals surface area contributed by atoms with Gasteiger partial charge in [0, 0.05) is 16.7 Å². The number of carbonyl (C=O) groups excluding carboxylic acids is 1. The Hall–Kier alpha value is -2.08. The Balaban J connectivity index is 1.57. The summed E-state index contributed by atoms with van der Waals surface area (Å²) in [6.07, 6.45) is 4.51. The van der Waals surface area contributed by atoms with Crippen molar-refractivity contribution in [1.82, 2.24) is 10.4 Å². The summed E-state index contributed by atoms with van der Waals surface area (Å²) < 4.78 is 13.0. The van der Waals surface area contributed by atoms with E-state index in [-0.39, 0.29) is 18.1 Å². The molecule has 1 aliphatic rings. The lowest BCUT2D eigenvalue weighted by atomic mass is 9.89. The molecule has 1 aromatic heterocycles. The number of thiazole rings is 1. The molecule has 0 bridgehead atoms. The molecule has 126 valence electrons. The number of nitrogens with zero attached hydrogens (tertiary/aromatic N) is 2. The van der Waals surface area contributed by atoms with Gasteiger partial charge in [0.15, 0.2) is 0 Å². The topological polar surface area (TPSA) is 54.4 Å². The molecule has 3 rings (SSSR count). The van der Waals surface area contributed by atoms with Gasteiger partial charge in [0.05, 0.1) is 12.1 Å². The summed E-state index contributed by atoms with van der Waals surface area (Å²) in [4.78, 5) is 16.5. The van der Waals surface area contributed by atoms with Crippen molar-refractivity contribution in [2.45, 2.75) is 39.0 Å². The number of nitrogens with one attached hydrogen (secondary N) is 1. The van der Waals surface area contributed by atoms with Crippen LogP contribution in [0.25, 0.3) is 10.6 Å². The minimum absolute atomic E-state index is 0.156. The smallest absolute Gasteiger partial charge is 0.246 e. The molecule has 0 unspecified atom stereocenters. The lowest BCUT2D eigenvalue weighted by Crippen LogP contribution is -2.23. The molecule has 0 radical (unpaired) electrons. The second-order valence-corrected chi connectivity index (χ2v) is 7.10. The number of hydrogen-bond donors (Lipinski definition) is 1. The van der Waals surface area contributed by atoms with Crippen LogP contribution < -0.4 is 5.43 Å². The van der Waals surface area contributed by atoms with Crippen molar-refractivity contribution in [3.8, 4) is 10.6 Å². The van der Waals surface area contributed by atoms with Crippen molar-refractivity contribution in [2.75, 3.05) is 0 Å². The first-order valence-corrected chi connectivity index (χ1v) is 9.03. The highest BCUT2D eigenvalue weighted by atomic mass is 32.1. The van der Waals surface area contributed by atoms with Crippen molar-refractivity contribution in [2.24, 2.45) is 11.0 Å². The first-order valence-electron chi connectivity index (χ1n) is 8.15. The molecule has 1 heterocycles. The van der Waals surface area contributed by atoms with Crippen LogP contribution in [-0.2, 0) is 11.2 Å². The third kappa shape index (κ3) is 4.47. The maximum absolute atomic E-state index is 13.0. The molecule has 1 atom stereocenters. The summed E-state index contributed by atoms with van der Waals surface area (Å²) in [5, 5.41) is 6.89. The zero-order chi connectivity index (χ0) is 16.9. The summed E-state index contributed by atoms with van der Waals surface area (Å²) in [5.74, 6) is 0.217. The first-order chi connectivity index (χ1) is 11.6. The van der Waals surface area contributed by atoms with Crippen LogP contribution in [0.4, 0.5) is 4.39 Å². The highest BCUT2D eigenvalue weighted by molar-refractivity contribution is 7.13. The van der Waals surface area contributed by atoms with Crippen molar-refractivity contribution in [1.29, 1.82) is 0 Å². The van der Waals surface area contributed by atoms with E-state index in [1.54, 1.807) is 12.1 Å². The van der Waals surface area contributed by atoms with Crippen LogP contribution >= 0.6 is 11.3 Å². The summed E-state index contributed by atoms with van der Waals surface area (Å²) in [6.45, 7) is 2.21. The minimum Gasteiger partial charge on any atom is -0.273 e. The number of hydrogen-bond acceptors (Lipinski definition) is 4. The molecule has 1 N–H and O–H groups in total. The number of carbonyl (C=O) groups is 1. The predicted octanol–water partition coefficient (Wildman–Crippen LogP) is 4.17. The SMILES string of the molecule is C[C@H]1CCC/C(=N\NC(=O)Cc2csc(-c3ccc(F)cc3)n2)C1. The minimum atomic E-state index is -0.272. The number of rotatable bonds is 4.